The minimum absolute atomic E-state index is 0.277. The van der Waals surface area contributed by atoms with Crippen LogP contribution in [0.3, 0.4) is 0 Å². The highest BCUT2D eigenvalue weighted by molar-refractivity contribution is 6.04. The van der Waals surface area contributed by atoms with E-state index in [0.29, 0.717) is 13.1 Å². The zero-order valence-electron chi connectivity index (χ0n) is 15.5. The second kappa shape index (κ2) is 9.04. The third-order valence-electron chi connectivity index (χ3n) is 4.29. The lowest BCUT2D eigenvalue weighted by Crippen LogP contribution is -2.48. The number of hydrogen-bond donors (Lipinski definition) is 2. The molecule has 2 rings (SSSR count). The van der Waals surface area contributed by atoms with Gasteiger partial charge in [-0.05, 0) is 43.5 Å². The number of nitrogens with one attached hydrogen (secondary N) is 2. The van der Waals surface area contributed by atoms with Gasteiger partial charge in [-0.3, -0.25) is 9.59 Å². The monoisotopic (exact) mass is 354 g/mol. The molecular formula is C21H26N2O3. The second-order valence-electron chi connectivity index (χ2n) is 6.65. The number of carbonyl (C=O) groups is 2. The molecule has 0 radical (unpaired) electrons. The first-order chi connectivity index (χ1) is 12.4. The van der Waals surface area contributed by atoms with E-state index in [9.17, 15) is 9.59 Å². The number of hydrogen-bond acceptors (Lipinski definition) is 3. The van der Waals surface area contributed by atoms with E-state index in [2.05, 4.69) is 10.6 Å². The highest BCUT2D eigenvalue weighted by Crippen LogP contribution is 2.16. The molecule has 0 bridgehead atoms. The fourth-order valence-corrected chi connectivity index (χ4v) is 2.44. The van der Waals surface area contributed by atoms with E-state index in [1.54, 1.807) is 21.0 Å². The Morgan fingerprint density at radius 1 is 0.885 bits per heavy atom. The quantitative estimate of drug-likeness (QED) is 0.716. The van der Waals surface area contributed by atoms with E-state index >= 15 is 0 Å². The van der Waals surface area contributed by atoms with Gasteiger partial charge in [0.05, 0.1) is 7.11 Å². The van der Waals surface area contributed by atoms with E-state index in [1.165, 1.54) is 0 Å². The molecule has 2 aromatic carbocycles. The normalized spacial score (nSPS) is 10.9. The topological polar surface area (TPSA) is 67.4 Å². The smallest absolute Gasteiger partial charge is 0.235 e. The summed E-state index contributed by atoms with van der Waals surface area (Å²) in [5.74, 6) is 0.185. The SMILES string of the molecule is COc1ccc(CNC(=O)C(C)(C)C(=O)NCCc2ccccc2)cc1. The summed E-state index contributed by atoms with van der Waals surface area (Å²) in [4.78, 5) is 24.8. The molecule has 0 heterocycles. The van der Waals surface area contributed by atoms with Gasteiger partial charge < -0.3 is 15.4 Å². The van der Waals surface area contributed by atoms with Crippen molar-refractivity contribution in [1.29, 1.82) is 0 Å². The Kier molecular flexibility index (Phi) is 6.78. The van der Waals surface area contributed by atoms with Crippen LogP contribution in [-0.2, 0) is 22.6 Å². The molecule has 2 aromatic rings. The van der Waals surface area contributed by atoms with E-state index in [-0.39, 0.29) is 11.8 Å². The number of carbonyl (C=O) groups excluding carboxylic acids is 2. The summed E-state index contributed by atoms with van der Waals surface area (Å²) in [7, 11) is 1.61. The highest BCUT2D eigenvalue weighted by Gasteiger charge is 2.35. The van der Waals surface area contributed by atoms with Gasteiger partial charge in [0, 0.05) is 13.1 Å². The maximum atomic E-state index is 12.4. The molecule has 2 amide bonds. The Morgan fingerprint density at radius 2 is 1.50 bits per heavy atom. The van der Waals surface area contributed by atoms with Crippen LogP contribution in [0.2, 0.25) is 0 Å². The Labute approximate surface area is 154 Å². The summed E-state index contributed by atoms with van der Waals surface area (Å²) in [5, 5.41) is 5.67. The molecule has 0 saturated heterocycles. The molecule has 0 aromatic heterocycles. The lowest BCUT2D eigenvalue weighted by Gasteiger charge is -2.22. The fraction of sp³-hybridized carbons (Fsp3) is 0.333. The molecule has 0 unspecified atom stereocenters. The summed E-state index contributed by atoms with van der Waals surface area (Å²) in [6.07, 6.45) is 0.732. The summed E-state index contributed by atoms with van der Waals surface area (Å²) < 4.78 is 5.11. The van der Waals surface area contributed by atoms with Crippen molar-refractivity contribution in [3.8, 4) is 5.75 Å². The van der Waals surface area contributed by atoms with E-state index in [4.69, 9.17) is 4.74 Å². The van der Waals surface area contributed by atoms with E-state index in [1.807, 2.05) is 54.6 Å². The first-order valence-corrected chi connectivity index (χ1v) is 8.67. The predicted octanol–water partition coefficient (Wildman–Crippen LogP) is 2.70. The Bertz CT molecular complexity index is 725. The largest absolute Gasteiger partial charge is 0.497 e. The van der Waals surface area contributed by atoms with E-state index < -0.39 is 5.41 Å². The first kappa shape index (κ1) is 19.5. The van der Waals surface area contributed by atoms with Gasteiger partial charge in [0.15, 0.2) is 0 Å². The molecule has 0 aliphatic carbocycles. The zero-order valence-corrected chi connectivity index (χ0v) is 15.5. The van der Waals surface area contributed by atoms with Crippen LogP contribution in [0.15, 0.2) is 54.6 Å². The van der Waals surface area contributed by atoms with Crippen molar-refractivity contribution in [1.82, 2.24) is 10.6 Å². The zero-order chi connectivity index (χ0) is 19.0. The van der Waals surface area contributed by atoms with Crippen LogP contribution in [0.5, 0.6) is 5.75 Å². The lowest BCUT2D eigenvalue weighted by molar-refractivity contribution is -0.141. The molecule has 26 heavy (non-hydrogen) atoms. The van der Waals surface area contributed by atoms with Crippen molar-refractivity contribution in [2.45, 2.75) is 26.8 Å². The maximum Gasteiger partial charge on any atom is 0.235 e. The molecular weight excluding hydrogens is 328 g/mol. The van der Waals surface area contributed by atoms with Crippen LogP contribution in [0.4, 0.5) is 0 Å². The first-order valence-electron chi connectivity index (χ1n) is 8.67. The van der Waals surface area contributed by atoms with Crippen molar-refractivity contribution in [2.75, 3.05) is 13.7 Å². The standard InChI is InChI=1S/C21H26N2O3/c1-21(2,19(24)22-14-13-16-7-5-4-6-8-16)20(25)23-15-17-9-11-18(26-3)12-10-17/h4-12H,13-15H2,1-3H3,(H,22,24)(H,23,25). The molecule has 0 fully saturated rings. The van der Waals surface area contributed by atoms with Gasteiger partial charge in [-0.1, -0.05) is 42.5 Å². The Hall–Kier alpha value is -2.82. The molecule has 5 nitrogen and oxygen atoms in total. The minimum Gasteiger partial charge on any atom is -0.497 e. The average molecular weight is 354 g/mol. The summed E-state index contributed by atoms with van der Waals surface area (Å²) in [5.41, 5.74) is 0.956. The van der Waals surface area contributed by atoms with Gasteiger partial charge in [-0.15, -0.1) is 0 Å². The van der Waals surface area contributed by atoms with Gasteiger partial charge in [-0.25, -0.2) is 0 Å². The van der Waals surface area contributed by atoms with Gasteiger partial charge >= 0.3 is 0 Å². The minimum atomic E-state index is -1.14. The summed E-state index contributed by atoms with van der Waals surface area (Å²) >= 11 is 0. The van der Waals surface area contributed by atoms with Crippen molar-refractivity contribution in [2.24, 2.45) is 5.41 Å². The van der Waals surface area contributed by atoms with Crippen LogP contribution < -0.4 is 15.4 Å². The number of ether oxygens (including phenoxy) is 1. The molecule has 0 saturated carbocycles. The van der Waals surface area contributed by atoms with Crippen molar-refractivity contribution >= 4 is 11.8 Å². The van der Waals surface area contributed by atoms with Crippen LogP contribution in [-0.4, -0.2) is 25.5 Å². The van der Waals surface area contributed by atoms with Crippen molar-refractivity contribution in [3.05, 3.63) is 65.7 Å². The summed E-state index contributed by atoms with van der Waals surface area (Å²) in [6, 6.07) is 17.3. The lowest BCUT2D eigenvalue weighted by atomic mass is 9.91. The Morgan fingerprint density at radius 3 is 2.12 bits per heavy atom. The maximum absolute atomic E-state index is 12.4. The fourth-order valence-electron chi connectivity index (χ4n) is 2.44. The third kappa shape index (κ3) is 5.34. The van der Waals surface area contributed by atoms with Crippen LogP contribution >= 0.6 is 0 Å². The van der Waals surface area contributed by atoms with Crippen LogP contribution in [0.1, 0.15) is 25.0 Å². The van der Waals surface area contributed by atoms with Crippen molar-refractivity contribution < 1.29 is 14.3 Å². The predicted molar refractivity (Wildman–Crippen MR) is 102 cm³/mol. The second-order valence-corrected chi connectivity index (χ2v) is 6.65. The Balaban J connectivity index is 1.82. The number of benzene rings is 2. The average Bonchev–Trinajstić information content (AvgIpc) is 2.67. The third-order valence-corrected chi connectivity index (χ3v) is 4.29. The molecule has 2 N–H and O–H groups in total. The molecule has 0 atom stereocenters. The molecule has 5 heteroatoms. The molecule has 0 aliphatic rings. The number of rotatable bonds is 8. The molecule has 0 aliphatic heterocycles. The number of amides is 2. The van der Waals surface area contributed by atoms with Gasteiger partial charge in [-0.2, -0.15) is 0 Å². The van der Waals surface area contributed by atoms with E-state index in [0.717, 1.165) is 23.3 Å². The van der Waals surface area contributed by atoms with Gasteiger partial charge in [0.2, 0.25) is 11.8 Å². The summed E-state index contributed by atoms with van der Waals surface area (Å²) in [6.45, 7) is 4.13. The van der Waals surface area contributed by atoms with Crippen LogP contribution in [0.25, 0.3) is 0 Å². The number of methoxy groups -OCH3 is 1. The van der Waals surface area contributed by atoms with Crippen LogP contribution in [0, 0.1) is 5.41 Å². The molecule has 138 valence electrons. The molecule has 0 spiro atoms. The van der Waals surface area contributed by atoms with Gasteiger partial charge in [0.1, 0.15) is 11.2 Å². The highest BCUT2D eigenvalue weighted by atomic mass is 16.5. The van der Waals surface area contributed by atoms with Crippen molar-refractivity contribution in [3.63, 3.8) is 0 Å². The van der Waals surface area contributed by atoms with Gasteiger partial charge in [0.25, 0.3) is 0 Å².